The molecule has 6 heteroatoms. The fourth-order valence-corrected chi connectivity index (χ4v) is 1.32. The number of aromatic nitrogens is 2. The molecule has 0 saturated carbocycles. The smallest absolute Gasteiger partial charge is 0.388 e. The molecule has 4 nitrogen and oxygen atoms in total. The minimum Gasteiger partial charge on any atom is -0.481 e. The van der Waals surface area contributed by atoms with E-state index in [4.69, 9.17) is 4.74 Å². The topological polar surface area (TPSA) is 44.2 Å². The van der Waals surface area contributed by atoms with Gasteiger partial charge in [0, 0.05) is 0 Å². The maximum atomic E-state index is 12.2. The first-order valence-corrected chi connectivity index (χ1v) is 4.70. The number of rotatable bonds is 3. The van der Waals surface area contributed by atoms with Gasteiger partial charge in [0.1, 0.15) is 6.33 Å². The van der Waals surface area contributed by atoms with Crippen molar-refractivity contribution in [1.29, 1.82) is 0 Å². The van der Waals surface area contributed by atoms with Gasteiger partial charge in [-0.3, -0.25) is 0 Å². The Morgan fingerprint density at radius 3 is 2.19 bits per heavy atom. The number of alkyl halides is 2. The summed E-state index contributed by atoms with van der Waals surface area (Å²) in [5.74, 6) is 0.104. The molecule has 1 rings (SSSR count). The molecule has 0 saturated heterocycles. The van der Waals surface area contributed by atoms with E-state index in [0.717, 1.165) is 6.33 Å². The second kappa shape index (κ2) is 4.59. The van der Waals surface area contributed by atoms with Gasteiger partial charge in [0.2, 0.25) is 11.8 Å². The second-order valence-electron chi connectivity index (χ2n) is 4.19. The molecule has 0 aliphatic rings. The van der Waals surface area contributed by atoms with Crippen LogP contribution in [0.2, 0.25) is 0 Å². The van der Waals surface area contributed by atoms with Crippen molar-refractivity contribution < 1.29 is 18.3 Å². The number of hydrogen-bond donors (Lipinski definition) is 0. The molecule has 0 atom stereocenters. The van der Waals surface area contributed by atoms with E-state index >= 15 is 0 Å². The van der Waals surface area contributed by atoms with Crippen molar-refractivity contribution in [3.05, 3.63) is 11.9 Å². The predicted molar refractivity (Wildman–Crippen MR) is 53.9 cm³/mol. The number of hydrogen-bond acceptors (Lipinski definition) is 4. The third-order valence-electron chi connectivity index (χ3n) is 1.92. The fraction of sp³-hybridized carbons (Fsp3) is 0.600. The van der Waals surface area contributed by atoms with E-state index in [1.807, 2.05) is 20.8 Å². The zero-order valence-electron chi connectivity index (χ0n) is 9.62. The molecule has 0 aromatic carbocycles. The zero-order chi connectivity index (χ0) is 12.3. The molecule has 1 aromatic rings. The molecule has 0 unspecified atom stereocenters. The SMILES string of the molecule is COc1ncnc(OC(F)F)c1C(C)(C)C. The third-order valence-corrected chi connectivity index (χ3v) is 1.92. The molecule has 1 heterocycles. The molecule has 0 spiro atoms. The van der Waals surface area contributed by atoms with E-state index in [0.29, 0.717) is 5.56 Å². The Hall–Kier alpha value is -1.46. The van der Waals surface area contributed by atoms with Crippen LogP contribution >= 0.6 is 0 Å². The van der Waals surface area contributed by atoms with Crippen molar-refractivity contribution in [3.63, 3.8) is 0 Å². The lowest BCUT2D eigenvalue weighted by atomic mass is 9.88. The lowest BCUT2D eigenvalue weighted by Gasteiger charge is -2.22. The highest BCUT2D eigenvalue weighted by atomic mass is 19.3. The molecular weight excluding hydrogens is 218 g/mol. The average molecular weight is 232 g/mol. The molecule has 0 bridgehead atoms. The third kappa shape index (κ3) is 2.77. The van der Waals surface area contributed by atoms with Crippen molar-refractivity contribution in [2.75, 3.05) is 7.11 Å². The molecule has 0 N–H and O–H groups in total. The molecule has 0 radical (unpaired) electrons. The van der Waals surface area contributed by atoms with Gasteiger partial charge in [0.05, 0.1) is 12.7 Å². The van der Waals surface area contributed by atoms with E-state index in [-0.39, 0.29) is 11.8 Å². The Labute approximate surface area is 92.6 Å². The highest BCUT2D eigenvalue weighted by Crippen LogP contribution is 2.36. The molecule has 0 aliphatic carbocycles. The largest absolute Gasteiger partial charge is 0.481 e. The van der Waals surface area contributed by atoms with Crippen molar-refractivity contribution in [2.45, 2.75) is 32.8 Å². The molecule has 90 valence electrons. The summed E-state index contributed by atoms with van der Waals surface area (Å²) >= 11 is 0. The van der Waals surface area contributed by atoms with Gasteiger partial charge in [-0.05, 0) is 5.41 Å². The molecule has 0 fully saturated rings. The summed E-state index contributed by atoms with van der Waals surface area (Å²) in [6, 6.07) is 0. The first-order valence-electron chi connectivity index (χ1n) is 4.70. The van der Waals surface area contributed by atoms with E-state index in [1.54, 1.807) is 0 Å². The summed E-state index contributed by atoms with van der Waals surface area (Å²) in [4.78, 5) is 7.57. The van der Waals surface area contributed by atoms with Gasteiger partial charge in [0.15, 0.2) is 0 Å². The first-order chi connectivity index (χ1) is 7.36. The Morgan fingerprint density at radius 2 is 1.75 bits per heavy atom. The Balaban J connectivity index is 3.26. The summed E-state index contributed by atoms with van der Waals surface area (Å²) in [5, 5.41) is 0. The molecular formula is C10H14F2N2O2. The van der Waals surface area contributed by atoms with Crippen LogP contribution in [0, 0.1) is 0 Å². The number of halogens is 2. The normalized spacial score (nSPS) is 11.7. The van der Waals surface area contributed by atoms with E-state index in [9.17, 15) is 8.78 Å². The number of ether oxygens (including phenoxy) is 2. The average Bonchev–Trinajstić information content (AvgIpc) is 2.14. The van der Waals surface area contributed by atoms with E-state index in [2.05, 4.69) is 14.7 Å². The Morgan fingerprint density at radius 1 is 1.19 bits per heavy atom. The minimum absolute atomic E-state index is 0.144. The maximum absolute atomic E-state index is 12.2. The van der Waals surface area contributed by atoms with Crippen molar-refractivity contribution in [1.82, 2.24) is 9.97 Å². The lowest BCUT2D eigenvalue weighted by molar-refractivity contribution is -0.0542. The van der Waals surface area contributed by atoms with Crippen LogP contribution in [0.15, 0.2) is 6.33 Å². The standard InChI is InChI=1S/C10H14F2N2O2/c1-10(2,3)6-7(15-4)13-5-14-8(6)16-9(11)12/h5,9H,1-4H3. The highest BCUT2D eigenvalue weighted by molar-refractivity contribution is 5.40. The van der Waals surface area contributed by atoms with Crippen LogP contribution in [0.3, 0.4) is 0 Å². The van der Waals surface area contributed by atoms with E-state index < -0.39 is 12.0 Å². The summed E-state index contributed by atoms with van der Waals surface area (Å²) in [5.41, 5.74) is -0.0191. The predicted octanol–water partition coefficient (Wildman–Crippen LogP) is 2.38. The van der Waals surface area contributed by atoms with Crippen molar-refractivity contribution in [3.8, 4) is 11.8 Å². The quantitative estimate of drug-likeness (QED) is 0.802. The van der Waals surface area contributed by atoms with Crippen LogP contribution in [0.25, 0.3) is 0 Å². The van der Waals surface area contributed by atoms with Crippen LogP contribution in [-0.4, -0.2) is 23.7 Å². The van der Waals surface area contributed by atoms with Crippen LogP contribution in [0.1, 0.15) is 26.3 Å². The monoisotopic (exact) mass is 232 g/mol. The molecule has 0 aliphatic heterocycles. The van der Waals surface area contributed by atoms with Gasteiger partial charge in [-0.15, -0.1) is 0 Å². The van der Waals surface area contributed by atoms with Gasteiger partial charge in [-0.2, -0.15) is 8.78 Å². The Kier molecular flexibility index (Phi) is 3.62. The summed E-state index contributed by atoms with van der Waals surface area (Å²) in [6.07, 6.45) is 1.13. The van der Waals surface area contributed by atoms with Gasteiger partial charge >= 0.3 is 6.61 Å². The van der Waals surface area contributed by atoms with Crippen molar-refractivity contribution in [2.24, 2.45) is 0 Å². The maximum Gasteiger partial charge on any atom is 0.388 e. The highest BCUT2D eigenvalue weighted by Gasteiger charge is 2.27. The summed E-state index contributed by atoms with van der Waals surface area (Å²) in [6.45, 7) is 2.60. The molecule has 0 amide bonds. The summed E-state index contributed by atoms with van der Waals surface area (Å²) in [7, 11) is 1.42. The fourth-order valence-electron chi connectivity index (χ4n) is 1.32. The van der Waals surface area contributed by atoms with Crippen LogP contribution in [-0.2, 0) is 5.41 Å². The zero-order valence-corrected chi connectivity index (χ0v) is 9.62. The second-order valence-corrected chi connectivity index (χ2v) is 4.19. The number of methoxy groups -OCH3 is 1. The van der Waals surface area contributed by atoms with Gasteiger partial charge in [-0.25, -0.2) is 9.97 Å². The molecule has 16 heavy (non-hydrogen) atoms. The van der Waals surface area contributed by atoms with Crippen LogP contribution in [0.4, 0.5) is 8.78 Å². The minimum atomic E-state index is -2.92. The summed E-state index contributed by atoms with van der Waals surface area (Å²) < 4.78 is 33.8. The van der Waals surface area contributed by atoms with Gasteiger partial charge < -0.3 is 9.47 Å². The first kappa shape index (κ1) is 12.6. The Bertz CT molecular complexity index is 364. The van der Waals surface area contributed by atoms with Crippen molar-refractivity contribution >= 4 is 0 Å². The van der Waals surface area contributed by atoms with E-state index in [1.165, 1.54) is 7.11 Å². The van der Waals surface area contributed by atoms with Crippen LogP contribution in [0.5, 0.6) is 11.8 Å². The van der Waals surface area contributed by atoms with Gasteiger partial charge in [-0.1, -0.05) is 20.8 Å². The molecule has 1 aromatic heterocycles. The van der Waals surface area contributed by atoms with Crippen LogP contribution < -0.4 is 9.47 Å². The van der Waals surface area contributed by atoms with Gasteiger partial charge in [0.25, 0.3) is 0 Å². The number of nitrogens with zero attached hydrogens (tertiary/aromatic N) is 2. The lowest BCUT2D eigenvalue weighted by Crippen LogP contribution is -2.18.